The third-order valence-corrected chi connectivity index (χ3v) is 0.929. The van der Waals surface area contributed by atoms with Crippen LogP contribution in [-0.4, -0.2) is 18.5 Å². The van der Waals surface area contributed by atoms with Gasteiger partial charge >= 0.3 is 0 Å². The van der Waals surface area contributed by atoms with Gasteiger partial charge in [-0.15, -0.1) is 0 Å². The second-order valence-corrected chi connectivity index (χ2v) is 1.42. The molecule has 0 amide bonds. The largest absolute Gasteiger partial charge is 0.363 e. The fourth-order valence-corrected chi connectivity index (χ4v) is 0.318. The molecule has 1 rings (SSSR count). The van der Waals surface area contributed by atoms with Gasteiger partial charge in [-0.05, 0) is 6.92 Å². The molecule has 1 atom stereocenters. The van der Waals surface area contributed by atoms with Gasteiger partial charge in [0.15, 0.2) is 5.78 Å². The smallest absolute Gasteiger partial charge is 0.186 e. The van der Waals surface area contributed by atoms with Crippen molar-refractivity contribution in [3.05, 3.63) is 0 Å². The van der Waals surface area contributed by atoms with Crippen molar-refractivity contribution in [1.82, 2.24) is 0 Å². The van der Waals surface area contributed by atoms with Gasteiger partial charge in [0.2, 0.25) is 0 Å². The van der Waals surface area contributed by atoms with Crippen LogP contribution in [0.3, 0.4) is 0 Å². The Balaban J connectivity index is 2.39. The number of ketones is 1. The molecule has 2 nitrogen and oxygen atoms in total. The monoisotopic (exact) mass is 86.0 g/mol. The van der Waals surface area contributed by atoms with Gasteiger partial charge in [-0.3, -0.25) is 4.79 Å². The second-order valence-electron chi connectivity index (χ2n) is 1.42. The SMILES string of the molecule is C[C@@H]1OCC1=O. The van der Waals surface area contributed by atoms with Crippen molar-refractivity contribution in [3.8, 4) is 0 Å². The normalized spacial score (nSPS) is 32.8. The Bertz CT molecular complexity index is 77.6. The first-order chi connectivity index (χ1) is 2.80. The van der Waals surface area contributed by atoms with Gasteiger partial charge in [0.1, 0.15) is 12.7 Å². The van der Waals surface area contributed by atoms with Crippen LogP contribution in [0, 0.1) is 0 Å². The highest BCUT2D eigenvalue weighted by atomic mass is 16.5. The summed E-state index contributed by atoms with van der Waals surface area (Å²) < 4.78 is 4.69. The number of rotatable bonds is 0. The summed E-state index contributed by atoms with van der Waals surface area (Å²) in [5, 5.41) is 0. The average Bonchev–Trinajstić information content (AvgIpc) is 1.61. The standard InChI is InChI=1S/C4H6O2/c1-3-4(5)2-6-3/h3H,2H2,1H3/t3-/m0/s1. The third kappa shape index (κ3) is 0.337. The molecule has 0 saturated carbocycles. The summed E-state index contributed by atoms with van der Waals surface area (Å²) >= 11 is 0. The lowest BCUT2D eigenvalue weighted by Gasteiger charge is -2.19. The molecule has 0 N–H and O–H groups in total. The van der Waals surface area contributed by atoms with Gasteiger partial charge in [-0.1, -0.05) is 0 Å². The van der Waals surface area contributed by atoms with E-state index in [2.05, 4.69) is 0 Å². The summed E-state index contributed by atoms with van der Waals surface area (Å²) in [5.74, 6) is 0.218. The van der Waals surface area contributed by atoms with Crippen molar-refractivity contribution in [2.24, 2.45) is 0 Å². The van der Waals surface area contributed by atoms with E-state index in [0.717, 1.165) is 0 Å². The van der Waals surface area contributed by atoms with Gasteiger partial charge in [0.25, 0.3) is 0 Å². The molecule has 0 unspecified atom stereocenters. The molecule has 0 bridgehead atoms. The first kappa shape index (κ1) is 3.81. The molecule has 0 aromatic carbocycles. The summed E-state index contributed by atoms with van der Waals surface area (Å²) in [6, 6.07) is 0. The van der Waals surface area contributed by atoms with E-state index >= 15 is 0 Å². The van der Waals surface area contributed by atoms with E-state index in [0.29, 0.717) is 6.61 Å². The molecule has 0 spiro atoms. The molecule has 1 aliphatic heterocycles. The molecule has 1 heterocycles. The Labute approximate surface area is 36.1 Å². The van der Waals surface area contributed by atoms with Gasteiger partial charge in [0.05, 0.1) is 0 Å². The molecule has 34 valence electrons. The Morgan fingerprint density at radius 1 is 2.00 bits per heavy atom. The third-order valence-electron chi connectivity index (χ3n) is 0.929. The lowest BCUT2D eigenvalue weighted by molar-refractivity contribution is -0.152. The van der Waals surface area contributed by atoms with Crippen LogP contribution in [0.25, 0.3) is 0 Å². The lowest BCUT2D eigenvalue weighted by Crippen LogP contribution is -2.37. The van der Waals surface area contributed by atoms with Crippen LogP contribution in [0.1, 0.15) is 6.92 Å². The number of hydrogen-bond donors (Lipinski definition) is 0. The molecule has 2 heteroatoms. The Hall–Kier alpha value is -0.370. The van der Waals surface area contributed by atoms with E-state index in [4.69, 9.17) is 4.74 Å². The number of ether oxygens (including phenoxy) is 1. The van der Waals surface area contributed by atoms with Crippen LogP contribution < -0.4 is 0 Å². The van der Waals surface area contributed by atoms with Gasteiger partial charge in [0, 0.05) is 0 Å². The highest BCUT2D eigenvalue weighted by Gasteiger charge is 2.22. The van der Waals surface area contributed by atoms with Gasteiger partial charge in [-0.25, -0.2) is 0 Å². The van der Waals surface area contributed by atoms with Crippen molar-refractivity contribution in [2.45, 2.75) is 13.0 Å². The van der Waals surface area contributed by atoms with E-state index in [9.17, 15) is 4.79 Å². The minimum absolute atomic E-state index is 0.106. The van der Waals surface area contributed by atoms with E-state index in [1.807, 2.05) is 0 Å². The average molecular weight is 86.1 g/mol. The van der Waals surface area contributed by atoms with Gasteiger partial charge < -0.3 is 4.74 Å². The highest BCUT2D eigenvalue weighted by molar-refractivity contribution is 5.87. The molecule has 6 heavy (non-hydrogen) atoms. The first-order valence-electron chi connectivity index (χ1n) is 1.95. The Morgan fingerprint density at radius 2 is 2.50 bits per heavy atom. The van der Waals surface area contributed by atoms with E-state index < -0.39 is 0 Å². The Morgan fingerprint density at radius 3 is 2.50 bits per heavy atom. The Kier molecular flexibility index (Phi) is 0.665. The van der Waals surface area contributed by atoms with Crippen LogP contribution in [-0.2, 0) is 9.53 Å². The molecular formula is C4H6O2. The molecule has 1 fully saturated rings. The fourth-order valence-electron chi connectivity index (χ4n) is 0.318. The molecule has 0 aromatic rings. The minimum Gasteiger partial charge on any atom is -0.363 e. The lowest BCUT2D eigenvalue weighted by atomic mass is 10.2. The van der Waals surface area contributed by atoms with Crippen LogP contribution in [0.15, 0.2) is 0 Å². The second kappa shape index (κ2) is 1.05. The maximum atomic E-state index is 10.1. The zero-order valence-corrected chi connectivity index (χ0v) is 3.60. The maximum absolute atomic E-state index is 10.1. The number of carbonyl (C=O) groups is 1. The summed E-state index contributed by atoms with van der Waals surface area (Å²) in [6.45, 7) is 2.09. The van der Waals surface area contributed by atoms with Crippen LogP contribution >= 0.6 is 0 Å². The van der Waals surface area contributed by atoms with E-state index in [1.54, 1.807) is 6.92 Å². The predicted molar refractivity (Wildman–Crippen MR) is 20.4 cm³/mol. The van der Waals surface area contributed by atoms with Crippen molar-refractivity contribution >= 4 is 5.78 Å². The number of Topliss-reactive ketones (excluding diaryl/α,β-unsaturated/α-hetero) is 1. The van der Waals surface area contributed by atoms with E-state index in [1.165, 1.54) is 0 Å². The molecule has 0 aromatic heterocycles. The van der Waals surface area contributed by atoms with E-state index in [-0.39, 0.29) is 11.9 Å². The van der Waals surface area contributed by atoms with Crippen LogP contribution in [0.4, 0.5) is 0 Å². The predicted octanol–water partition coefficient (Wildman–Crippen LogP) is -0.0258. The van der Waals surface area contributed by atoms with Gasteiger partial charge in [-0.2, -0.15) is 0 Å². The first-order valence-corrected chi connectivity index (χ1v) is 1.95. The molecule has 0 aliphatic carbocycles. The number of hydrogen-bond acceptors (Lipinski definition) is 2. The highest BCUT2D eigenvalue weighted by Crippen LogP contribution is 2.02. The van der Waals surface area contributed by atoms with Crippen molar-refractivity contribution in [2.75, 3.05) is 6.61 Å². The zero-order valence-electron chi connectivity index (χ0n) is 3.60. The molecule has 0 radical (unpaired) electrons. The molecule has 1 aliphatic rings. The quantitative estimate of drug-likeness (QED) is 0.414. The topological polar surface area (TPSA) is 26.3 Å². The van der Waals surface area contributed by atoms with Crippen LogP contribution in [0.5, 0.6) is 0 Å². The summed E-state index contributed by atoms with van der Waals surface area (Å²) in [7, 11) is 0. The molecule has 1 saturated heterocycles. The summed E-state index contributed by atoms with van der Waals surface area (Å²) in [4.78, 5) is 10.1. The molecular weight excluding hydrogens is 80.0 g/mol. The van der Waals surface area contributed by atoms with Crippen molar-refractivity contribution in [1.29, 1.82) is 0 Å². The van der Waals surface area contributed by atoms with Crippen molar-refractivity contribution in [3.63, 3.8) is 0 Å². The van der Waals surface area contributed by atoms with Crippen LogP contribution in [0.2, 0.25) is 0 Å². The van der Waals surface area contributed by atoms with Crippen molar-refractivity contribution < 1.29 is 9.53 Å². The maximum Gasteiger partial charge on any atom is 0.186 e. The summed E-state index contributed by atoms with van der Waals surface area (Å²) in [6.07, 6.45) is -0.106. The number of carbonyl (C=O) groups excluding carboxylic acids is 1. The summed E-state index contributed by atoms with van der Waals surface area (Å²) in [5.41, 5.74) is 0. The fraction of sp³-hybridized carbons (Fsp3) is 0.750. The zero-order chi connectivity index (χ0) is 4.57. The minimum atomic E-state index is -0.106.